The summed E-state index contributed by atoms with van der Waals surface area (Å²) in [7, 11) is 0. The van der Waals surface area contributed by atoms with Crippen LogP contribution in [-0.4, -0.2) is 20.9 Å². The fourth-order valence-corrected chi connectivity index (χ4v) is 2.25. The van der Waals surface area contributed by atoms with Crippen molar-refractivity contribution in [3.05, 3.63) is 34.2 Å². The van der Waals surface area contributed by atoms with Gasteiger partial charge in [-0.05, 0) is 13.8 Å². The largest absolute Gasteiger partial charge is 0.342 e. The van der Waals surface area contributed by atoms with Crippen LogP contribution >= 0.6 is 11.3 Å². The molecule has 2 aromatic heterocycles. The Labute approximate surface area is 114 Å². The molecule has 7 nitrogen and oxygen atoms in total. The molecule has 2 heterocycles. The van der Waals surface area contributed by atoms with Crippen LogP contribution < -0.4 is 16.6 Å². The minimum absolute atomic E-state index is 0.178. The van der Waals surface area contributed by atoms with E-state index in [-0.39, 0.29) is 17.6 Å². The topological polar surface area (TPSA) is 106 Å². The highest BCUT2D eigenvalue weighted by Crippen LogP contribution is 2.17. The molecule has 1 atom stereocenters. The summed E-state index contributed by atoms with van der Waals surface area (Å²) in [6.07, 6.45) is 2.82. The number of carbonyl (C=O) groups excluding carboxylic acids is 1. The first-order chi connectivity index (χ1) is 9.10. The maximum atomic E-state index is 12.0. The average Bonchev–Trinajstić information content (AvgIpc) is 2.85. The first-order valence-corrected chi connectivity index (χ1v) is 6.49. The predicted octanol–water partition coefficient (Wildman–Crippen LogP) is 1.02. The molecule has 0 aliphatic heterocycles. The van der Waals surface area contributed by atoms with Gasteiger partial charge in [0, 0.05) is 11.1 Å². The molecule has 0 radical (unpaired) electrons. The molecule has 2 rings (SSSR count). The van der Waals surface area contributed by atoms with Gasteiger partial charge in [-0.1, -0.05) is 0 Å². The fraction of sp³-hybridized carbons (Fsp3) is 0.273. The normalized spacial score (nSPS) is 11.9. The number of thiazole rings is 1. The second-order valence-electron chi connectivity index (χ2n) is 3.96. The summed E-state index contributed by atoms with van der Waals surface area (Å²) in [6, 6.07) is -0.178. The maximum absolute atomic E-state index is 12.0. The molecule has 0 bridgehead atoms. The molecule has 8 heteroatoms. The number of hydrogen-bond acceptors (Lipinski definition) is 7. The molecule has 0 aliphatic carbocycles. The number of anilines is 1. The number of nitrogen functional groups attached to an aromatic ring is 1. The fourth-order valence-electron chi connectivity index (χ4n) is 1.45. The minimum Gasteiger partial charge on any atom is -0.342 e. The first-order valence-electron chi connectivity index (χ1n) is 5.61. The van der Waals surface area contributed by atoms with Crippen molar-refractivity contribution in [2.45, 2.75) is 19.9 Å². The molecule has 1 amide bonds. The van der Waals surface area contributed by atoms with Crippen molar-refractivity contribution in [3.8, 4) is 0 Å². The van der Waals surface area contributed by atoms with E-state index >= 15 is 0 Å². The third-order valence-electron chi connectivity index (χ3n) is 2.37. The zero-order valence-electron chi connectivity index (χ0n) is 10.5. The van der Waals surface area contributed by atoms with Crippen molar-refractivity contribution in [1.82, 2.24) is 20.3 Å². The van der Waals surface area contributed by atoms with Crippen LogP contribution in [0.2, 0.25) is 0 Å². The van der Waals surface area contributed by atoms with Crippen molar-refractivity contribution in [3.63, 3.8) is 0 Å². The van der Waals surface area contributed by atoms with Crippen molar-refractivity contribution in [1.29, 1.82) is 0 Å². The Hall–Kier alpha value is -2.06. The number of nitrogens with one attached hydrogen (secondary N) is 2. The van der Waals surface area contributed by atoms with Crippen LogP contribution in [0.3, 0.4) is 0 Å². The highest BCUT2D eigenvalue weighted by molar-refractivity contribution is 7.09. The number of aromatic nitrogens is 3. The Kier molecular flexibility index (Phi) is 4.03. The molecule has 2 aromatic rings. The van der Waals surface area contributed by atoms with E-state index in [1.165, 1.54) is 23.7 Å². The molecular weight excluding hydrogens is 264 g/mol. The van der Waals surface area contributed by atoms with Gasteiger partial charge in [0.1, 0.15) is 10.7 Å². The van der Waals surface area contributed by atoms with Crippen LogP contribution in [-0.2, 0) is 0 Å². The number of rotatable bonds is 4. The highest BCUT2D eigenvalue weighted by Gasteiger charge is 2.15. The van der Waals surface area contributed by atoms with Gasteiger partial charge in [0.05, 0.1) is 18.4 Å². The van der Waals surface area contributed by atoms with Crippen LogP contribution in [0, 0.1) is 6.92 Å². The number of nitrogens with two attached hydrogens (primary N) is 1. The Morgan fingerprint density at radius 1 is 1.42 bits per heavy atom. The number of aryl methyl sites for hydroxylation is 1. The Bertz CT molecular complexity index is 584. The van der Waals surface area contributed by atoms with E-state index in [2.05, 4.69) is 25.7 Å². The van der Waals surface area contributed by atoms with E-state index in [0.29, 0.717) is 5.82 Å². The molecule has 0 fully saturated rings. The van der Waals surface area contributed by atoms with E-state index in [4.69, 9.17) is 5.84 Å². The van der Waals surface area contributed by atoms with Crippen LogP contribution in [0.15, 0.2) is 17.8 Å². The predicted molar refractivity (Wildman–Crippen MR) is 72.6 cm³/mol. The summed E-state index contributed by atoms with van der Waals surface area (Å²) < 4.78 is 0. The summed E-state index contributed by atoms with van der Waals surface area (Å²) in [5.74, 6) is 5.24. The van der Waals surface area contributed by atoms with Crippen LogP contribution in [0.5, 0.6) is 0 Å². The second-order valence-corrected chi connectivity index (χ2v) is 4.85. The molecular formula is C11H14N6OS. The van der Waals surface area contributed by atoms with E-state index in [0.717, 1.165) is 10.7 Å². The van der Waals surface area contributed by atoms with Gasteiger partial charge < -0.3 is 10.7 Å². The molecule has 0 saturated carbocycles. The van der Waals surface area contributed by atoms with E-state index in [1.54, 1.807) is 0 Å². The van der Waals surface area contributed by atoms with Gasteiger partial charge in [-0.2, -0.15) is 0 Å². The third-order valence-corrected chi connectivity index (χ3v) is 3.52. The number of hydrogen-bond donors (Lipinski definition) is 3. The smallest absolute Gasteiger partial charge is 0.272 e. The quantitative estimate of drug-likeness (QED) is 0.569. The zero-order chi connectivity index (χ0) is 13.8. The van der Waals surface area contributed by atoms with Gasteiger partial charge >= 0.3 is 0 Å². The van der Waals surface area contributed by atoms with Gasteiger partial charge in [-0.25, -0.2) is 15.8 Å². The molecule has 1 unspecified atom stereocenters. The Balaban J connectivity index is 2.08. The third kappa shape index (κ3) is 3.24. The Morgan fingerprint density at radius 2 is 2.21 bits per heavy atom. The summed E-state index contributed by atoms with van der Waals surface area (Å²) in [6.45, 7) is 3.78. The molecule has 100 valence electrons. The van der Waals surface area contributed by atoms with Crippen LogP contribution in [0.25, 0.3) is 0 Å². The number of amides is 1. The molecule has 4 N–H and O–H groups in total. The summed E-state index contributed by atoms with van der Waals surface area (Å²) >= 11 is 1.51. The van der Waals surface area contributed by atoms with Gasteiger partial charge in [0.2, 0.25) is 0 Å². The van der Waals surface area contributed by atoms with Crippen molar-refractivity contribution < 1.29 is 4.79 Å². The summed E-state index contributed by atoms with van der Waals surface area (Å²) in [4.78, 5) is 24.2. The average molecular weight is 278 g/mol. The van der Waals surface area contributed by atoms with Crippen molar-refractivity contribution in [2.75, 3.05) is 5.43 Å². The van der Waals surface area contributed by atoms with E-state index in [1.807, 2.05) is 19.2 Å². The van der Waals surface area contributed by atoms with Gasteiger partial charge in [0.25, 0.3) is 5.91 Å². The minimum atomic E-state index is -0.315. The molecule has 0 saturated heterocycles. The molecule has 19 heavy (non-hydrogen) atoms. The lowest BCUT2D eigenvalue weighted by molar-refractivity contribution is 0.0934. The summed E-state index contributed by atoms with van der Waals surface area (Å²) in [5.41, 5.74) is 3.49. The zero-order valence-corrected chi connectivity index (χ0v) is 11.4. The van der Waals surface area contributed by atoms with Gasteiger partial charge in [0.15, 0.2) is 5.82 Å². The van der Waals surface area contributed by atoms with Crippen molar-refractivity contribution in [2.24, 2.45) is 5.84 Å². The summed E-state index contributed by atoms with van der Waals surface area (Å²) in [5, 5.41) is 5.61. The number of hydrazine groups is 1. The second kappa shape index (κ2) is 5.72. The van der Waals surface area contributed by atoms with Crippen LogP contribution in [0.4, 0.5) is 5.82 Å². The Morgan fingerprint density at radius 3 is 2.84 bits per heavy atom. The molecule has 0 spiro atoms. The van der Waals surface area contributed by atoms with E-state index < -0.39 is 0 Å². The number of carbonyl (C=O) groups is 1. The molecule has 0 aliphatic rings. The number of nitrogens with zero attached hydrogens (tertiary/aromatic N) is 3. The SMILES string of the molecule is Cc1csc(C(C)NC(=O)c2cncc(NN)n2)n1. The van der Waals surface area contributed by atoms with Crippen molar-refractivity contribution >= 4 is 23.1 Å². The standard InChI is InChI=1S/C11H14N6OS/c1-6-5-19-11(14-6)7(2)15-10(18)8-3-13-4-9(16-8)17-12/h3-5,7H,12H2,1-2H3,(H,15,18)(H,16,17). The van der Waals surface area contributed by atoms with E-state index in [9.17, 15) is 4.79 Å². The first kappa shape index (κ1) is 13.4. The lowest BCUT2D eigenvalue weighted by atomic mass is 10.3. The van der Waals surface area contributed by atoms with Crippen LogP contribution in [0.1, 0.15) is 34.2 Å². The lowest BCUT2D eigenvalue weighted by Crippen LogP contribution is -2.28. The highest BCUT2D eigenvalue weighted by atomic mass is 32.1. The van der Waals surface area contributed by atoms with Gasteiger partial charge in [-0.3, -0.25) is 9.78 Å². The maximum Gasteiger partial charge on any atom is 0.272 e. The molecule has 0 aromatic carbocycles. The lowest BCUT2D eigenvalue weighted by Gasteiger charge is -2.10. The van der Waals surface area contributed by atoms with Gasteiger partial charge in [-0.15, -0.1) is 11.3 Å². The monoisotopic (exact) mass is 278 g/mol.